The van der Waals surface area contributed by atoms with Crippen LogP contribution in [0.1, 0.15) is 39.2 Å². The fourth-order valence-corrected chi connectivity index (χ4v) is 2.21. The highest BCUT2D eigenvalue weighted by atomic mass is 16.5. The number of nitrogens with one attached hydrogen (secondary N) is 1. The minimum Gasteiger partial charge on any atom is -0.492 e. The van der Waals surface area contributed by atoms with E-state index in [1.807, 2.05) is 6.07 Å². The van der Waals surface area contributed by atoms with Gasteiger partial charge in [-0.05, 0) is 33.0 Å². The highest BCUT2D eigenvalue weighted by Crippen LogP contribution is 2.17. The maximum atomic E-state index is 5.95. The molecule has 0 radical (unpaired) electrons. The third-order valence-electron chi connectivity index (χ3n) is 3.70. The fourth-order valence-electron chi connectivity index (χ4n) is 2.21. The van der Waals surface area contributed by atoms with Gasteiger partial charge in [0.15, 0.2) is 0 Å². The molecule has 0 spiro atoms. The monoisotopic (exact) mass is 278 g/mol. The summed E-state index contributed by atoms with van der Waals surface area (Å²) in [5.41, 5.74) is 1.23. The first-order valence-electron chi connectivity index (χ1n) is 7.80. The summed E-state index contributed by atoms with van der Waals surface area (Å²) in [5.74, 6) is 1.00. The summed E-state index contributed by atoms with van der Waals surface area (Å²) in [6.07, 6.45) is 2.48. The maximum absolute atomic E-state index is 5.95. The van der Waals surface area contributed by atoms with Crippen molar-refractivity contribution in [3.63, 3.8) is 0 Å². The molecule has 0 fully saturated rings. The maximum Gasteiger partial charge on any atom is 0.123 e. The molecule has 1 N–H and O–H groups in total. The molecule has 3 heteroatoms. The Morgan fingerprint density at radius 3 is 2.70 bits per heavy atom. The van der Waals surface area contributed by atoms with E-state index >= 15 is 0 Å². The van der Waals surface area contributed by atoms with E-state index in [4.69, 9.17) is 4.74 Å². The van der Waals surface area contributed by atoms with Crippen LogP contribution in [-0.2, 0) is 6.54 Å². The average molecular weight is 278 g/mol. The Morgan fingerprint density at radius 2 is 2.00 bits per heavy atom. The number of rotatable bonds is 10. The number of para-hydroxylation sites is 1. The lowest BCUT2D eigenvalue weighted by Crippen LogP contribution is -2.32. The van der Waals surface area contributed by atoms with E-state index in [2.05, 4.69) is 56.2 Å². The smallest absolute Gasteiger partial charge is 0.123 e. The largest absolute Gasteiger partial charge is 0.492 e. The van der Waals surface area contributed by atoms with Crippen molar-refractivity contribution >= 4 is 0 Å². The van der Waals surface area contributed by atoms with E-state index in [0.717, 1.165) is 32.0 Å². The van der Waals surface area contributed by atoms with Gasteiger partial charge in [-0.3, -0.25) is 0 Å². The summed E-state index contributed by atoms with van der Waals surface area (Å²) in [6.45, 7) is 10.2. The topological polar surface area (TPSA) is 24.5 Å². The van der Waals surface area contributed by atoms with Gasteiger partial charge in [-0.15, -0.1) is 0 Å². The van der Waals surface area contributed by atoms with Crippen molar-refractivity contribution in [3.05, 3.63) is 29.8 Å². The fraction of sp³-hybridized carbons (Fsp3) is 0.647. The molecule has 0 heterocycles. The van der Waals surface area contributed by atoms with Crippen LogP contribution >= 0.6 is 0 Å². The van der Waals surface area contributed by atoms with Gasteiger partial charge in [-0.25, -0.2) is 0 Å². The molecule has 0 aliphatic carbocycles. The van der Waals surface area contributed by atoms with E-state index in [1.165, 1.54) is 18.4 Å². The van der Waals surface area contributed by atoms with Crippen molar-refractivity contribution < 1.29 is 4.74 Å². The van der Waals surface area contributed by atoms with Gasteiger partial charge in [-0.2, -0.15) is 0 Å². The van der Waals surface area contributed by atoms with Crippen LogP contribution in [0, 0.1) is 0 Å². The Labute approximate surface area is 124 Å². The zero-order valence-corrected chi connectivity index (χ0v) is 13.5. The van der Waals surface area contributed by atoms with E-state index in [0.29, 0.717) is 6.04 Å². The van der Waals surface area contributed by atoms with Gasteiger partial charge in [0.05, 0.1) is 0 Å². The number of benzene rings is 1. The minimum atomic E-state index is 0.626. The molecule has 1 aromatic carbocycles. The predicted octanol–water partition coefficient (Wildman–Crippen LogP) is 3.30. The number of likely N-dealkylation sites (N-methyl/N-ethyl adjacent to an activating group) is 1. The molecule has 1 rings (SSSR count). The molecule has 0 saturated carbocycles. The molecule has 3 nitrogen and oxygen atoms in total. The molecule has 0 aromatic heterocycles. The molecule has 0 bridgehead atoms. The molecule has 0 saturated heterocycles. The second-order valence-corrected chi connectivity index (χ2v) is 5.35. The quantitative estimate of drug-likeness (QED) is 0.711. The van der Waals surface area contributed by atoms with E-state index in [-0.39, 0.29) is 0 Å². The minimum absolute atomic E-state index is 0.626. The standard InChI is InChI=1S/C17H30N2O/c1-5-9-15(3)19(4)12-13-20-17-11-8-7-10-16(17)14-18-6-2/h7-8,10-11,15,18H,5-6,9,12-14H2,1-4H3. The third-order valence-corrected chi connectivity index (χ3v) is 3.70. The number of hydrogen-bond acceptors (Lipinski definition) is 3. The molecular formula is C17H30N2O. The summed E-state index contributed by atoms with van der Waals surface area (Å²) in [4.78, 5) is 2.37. The first-order valence-corrected chi connectivity index (χ1v) is 7.80. The Bertz CT molecular complexity index is 368. The molecule has 0 aliphatic heterocycles. The second kappa shape index (κ2) is 9.78. The van der Waals surface area contributed by atoms with Crippen molar-refractivity contribution in [2.45, 2.75) is 46.2 Å². The van der Waals surface area contributed by atoms with E-state index in [1.54, 1.807) is 0 Å². The van der Waals surface area contributed by atoms with E-state index < -0.39 is 0 Å². The van der Waals surface area contributed by atoms with Crippen molar-refractivity contribution in [3.8, 4) is 5.75 Å². The highest BCUT2D eigenvalue weighted by Gasteiger charge is 2.08. The Balaban J connectivity index is 2.41. The van der Waals surface area contributed by atoms with Crippen LogP contribution in [0.25, 0.3) is 0 Å². The van der Waals surface area contributed by atoms with E-state index in [9.17, 15) is 0 Å². The van der Waals surface area contributed by atoms with Crippen LogP contribution < -0.4 is 10.1 Å². The Kier molecular flexibility index (Phi) is 8.31. The van der Waals surface area contributed by atoms with Gasteiger partial charge < -0.3 is 15.0 Å². The lowest BCUT2D eigenvalue weighted by atomic mass is 10.2. The van der Waals surface area contributed by atoms with Crippen molar-refractivity contribution in [2.75, 3.05) is 26.7 Å². The van der Waals surface area contributed by atoms with Crippen LogP contribution in [0.2, 0.25) is 0 Å². The lowest BCUT2D eigenvalue weighted by molar-refractivity contribution is 0.192. The van der Waals surface area contributed by atoms with Crippen LogP contribution in [0.5, 0.6) is 5.75 Å². The molecule has 1 unspecified atom stereocenters. The SMILES string of the molecule is CCCC(C)N(C)CCOc1ccccc1CNCC. The Morgan fingerprint density at radius 1 is 1.25 bits per heavy atom. The first-order chi connectivity index (χ1) is 9.69. The Hall–Kier alpha value is -1.06. The molecule has 0 amide bonds. The van der Waals surface area contributed by atoms with Crippen molar-refractivity contribution in [2.24, 2.45) is 0 Å². The van der Waals surface area contributed by atoms with Gasteiger partial charge in [-0.1, -0.05) is 38.5 Å². The molecular weight excluding hydrogens is 248 g/mol. The number of ether oxygens (including phenoxy) is 1. The van der Waals surface area contributed by atoms with Crippen LogP contribution in [0.15, 0.2) is 24.3 Å². The summed E-state index contributed by atoms with van der Waals surface area (Å²) in [6, 6.07) is 8.91. The van der Waals surface area contributed by atoms with Crippen LogP contribution in [0.4, 0.5) is 0 Å². The normalized spacial score (nSPS) is 12.7. The van der Waals surface area contributed by atoms with Crippen LogP contribution in [-0.4, -0.2) is 37.7 Å². The number of hydrogen-bond donors (Lipinski definition) is 1. The summed E-state index contributed by atoms with van der Waals surface area (Å²) < 4.78 is 5.95. The van der Waals surface area contributed by atoms with Crippen LogP contribution in [0.3, 0.4) is 0 Å². The van der Waals surface area contributed by atoms with Gasteiger partial charge in [0.2, 0.25) is 0 Å². The summed E-state index contributed by atoms with van der Waals surface area (Å²) >= 11 is 0. The first kappa shape index (κ1) is 17.0. The summed E-state index contributed by atoms with van der Waals surface area (Å²) in [5, 5.41) is 3.35. The molecule has 114 valence electrons. The third kappa shape index (κ3) is 5.93. The molecule has 0 aliphatic rings. The predicted molar refractivity (Wildman–Crippen MR) is 86.3 cm³/mol. The molecule has 1 atom stereocenters. The lowest BCUT2D eigenvalue weighted by Gasteiger charge is -2.24. The van der Waals surface area contributed by atoms with Crippen molar-refractivity contribution in [1.29, 1.82) is 0 Å². The zero-order chi connectivity index (χ0) is 14.8. The molecule has 20 heavy (non-hydrogen) atoms. The van der Waals surface area contributed by atoms with Gasteiger partial charge in [0, 0.05) is 24.7 Å². The number of nitrogens with zero attached hydrogens (tertiary/aromatic N) is 1. The highest BCUT2D eigenvalue weighted by molar-refractivity contribution is 5.33. The van der Waals surface area contributed by atoms with Gasteiger partial charge in [0.25, 0.3) is 0 Å². The van der Waals surface area contributed by atoms with Gasteiger partial charge >= 0.3 is 0 Å². The van der Waals surface area contributed by atoms with Gasteiger partial charge in [0.1, 0.15) is 12.4 Å². The average Bonchev–Trinajstić information content (AvgIpc) is 2.46. The molecule has 1 aromatic rings. The summed E-state index contributed by atoms with van der Waals surface area (Å²) in [7, 11) is 2.17. The van der Waals surface area contributed by atoms with Crippen molar-refractivity contribution in [1.82, 2.24) is 10.2 Å². The zero-order valence-electron chi connectivity index (χ0n) is 13.5. The second-order valence-electron chi connectivity index (χ2n) is 5.35.